The molecule has 0 radical (unpaired) electrons. The Bertz CT molecular complexity index is 1020. The molecule has 0 bridgehead atoms. The summed E-state index contributed by atoms with van der Waals surface area (Å²) in [5.41, 5.74) is 1.65. The summed E-state index contributed by atoms with van der Waals surface area (Å²) in [5.74, 6) is 0.316. The van der Waals surface area contributed by atoms with Crippen LogP contribution in [0.2, 0.25) is 0 Å². The maximum absolute atomic E-state index is 12.7. The first-order valence-corrected chi connectivity index (χ1v) is 8.69. The summed E-state index contributed by atoms with van der Waals surface area (Å²) >= 11 is 0. The molecule has 3 heterocycles. The van der Waals surface area contributed by atoms with E-state index in [-0.39, 0.29) is 23.1 Å². The maximum Gasteiger partial charge on any atom is 0.273 e. The minimum Gasteiger partial charge on any atom is -0.381 e. The van der Waals surface area contributed by atoms with Gasteiger partial charge in [-0.05, 0) is 36.8 Å². The van der Waals surface area contributed by atoms with Crippen molar-refractivity contribution < 1.29 is 9.53 Å². The van der Waals surface area contributed by atoms with E-state index in [1.54, 1.807) is 12.1 Å². The van der Waals surface area contributed by atoms with Crippen LogP contribution in [0.15, 0.2) is 35.1 Å². The largest absolute Gasteiger partial charge is 0.381 e. The second-order valence-corrected chi connectivity index (χ2v) is 6.58. The van der Waals surface area contributed by atoms with E-state index in [1.807, 2.05) is 25.1 Å². The fraction of sp³-hybridized carbons (Fsp3) is 0.316. The summed E-state index contributed by atoms with van der Waals surface area (Å²) in [4.78, 5) is 27.6. The topological polar surface area (TPSA) is 99.9 Å². The highest BCUT2D eigenvalue weighted by Crippen LogP contribution is 2.25. The zero-order chi connectivity index (χ0) is 18.1. The minimum atomic E-state index is -0.386. The Hall–Kier alpha value is -2.93. The number of H-pyrrole nitrogens is 2. The van der Waals surface area contributed by atoms with Crippen LogP contribution in [-0.2, 0) is 4.74 Å². The number of hydrogen-bond acceptors (Lipinski definition) is 4. The molecule has 1 aliphatic heterocycles. The average Bonchev–Trinajstić information content (AvgIpc) is 3.14. The molecular weight excluding hydrogens is 332 g/mol. The van der Waals surface area contributed by atoms with Crippen LogP contribution in [0.5, 0.6) is 0 Å². The Morgan fingerprint density at radius 3 is 2.88 bits per heavy atom. The van der Waals surface area contributed by atoms with Gasteiger partial charge in [0.15, 0.2) is 5.82 Å². The van der Waals surface area contributed by atoms with Crippen molar-refractivity contribution in [3.63, 3.8) is 0 Å². The number of carbonyl (C=O) groups excluding carboxylic acids is 1. The zero-order valence-electron chi connectivity index (χ0n) is 14.5. The van der Waals surface area contributed by atoms with Gasteiger partial charge in [0.25, 0.3) is 11.5 Å². The summed E-state index contributed by atoms with van der Waals surface area (Å²) in [6.07, 6.45) is 2.05. The molecule has 7 nitrogen and oxygen atoms in total. The smallest absolute Gasteiger partial charge is 0.273 e. The van der Waals surface area contributed by atoms with Crippen molar-refractivity contribution >= 4 is 22.5 Å². The third-order valence-electron chi connectivity index (χ3n) is 4.86. The maximum atomic E-state index is 12.7. The van der Waals surface area contributed by atoms with Crippen LogP contribution in [0.4, 0.5) is 5.82 Å². The number of ether oxygens (including phenoxy) is 1. The van der Waals surface area contributed by atoms with Gasteiger partial charge in [0.1, 0.15) is 5.69 Å². The second kappa shape index (κ2) is 6.76. The van der Waals surface area contributed by atoms with Crippen molar-refractivity contribution in [2.24, 2.45) is 0 Å². The number of aromatic nitrogens is 3. The monoisotopic (exact) mass is 352 g/mol. The number of pyridine rings is 1. The number of aryl methyl sites for hydroxylation is 1. The van der Waals surface area contributed by atoms with E-state index < -0.39 is 0 Å². The molecule has 1 amide bonds. The van der Waals surface area contributed by atoms with Crippen LogP contribution in [-0.4, -0.2) is 34.3 Å². The molecule has 1 aliphatic rings. The Balaban J connectivity index is 1.59. The molecule has 3 N–H and O–H groups in total. The number of nitrogens with zero attached hydrogens (tertiary/aromatic N) is 1. The molecule has 0 spiro atoms. The Morgan fingerprint density at radius 1 is 1.31 bits per heavy atom. The van der Waals surface area contributed by atoms with Gasteiger partial charge in [0, 0.05) is 29.7 Å². The molecule has 3 aromatic rings. The summed E-state index contributed by atoms with van der Waals surface area (Å²) in [5, 5.41) is 11.2. The fourth-order valence-electron chi connectivity index (χ4n) is 3.42. The standard InChI is InChI=1S/C19H20N4O3/c1-11-13-6-2-3-7-14(13)18(24)21-17(11)19(25)20-16-9-15(22-23-16)12-5-4-8-26-10-12/h2-3,6-7,9,12H,4-5,8,10H2,1H3,(H,21,24)(H2,20,22,23,25). The fourth-order valence-corrected chi connectivity index (χ4v) is 3.42. The van der Waals surface area contributed by atoms with Crippen molar-refractivity contribution in [1.82, 2.24) is 15.2 Å². The lowest BCUT2D eigenvalue weighted by Gasteiger charge is -2.20. The van der Waals surface area contributed by atoms with Crippen molar-refractivity contribution in [2.45, 2.75) is 25.7 Å². The molecule has 7 heteroatoms. The highest BCUT2D eigenvalue weighted by molar-refractivity contribution is 6.06. The molecule has 0 aliphatic carbocycles. The minimum absolute atomic E-state index is 0.249. The van der Waals surface area contributed by atoms with Gasteiger partial charge < -0.3 is 15.0 Å². The summed E-state index contributed by atoms with van der Waals surface area (Å²) in [6.45, 7) is 3.28. The predicted molar refractivity (Wildman–Crippen MR) is 98.6 cm³/mol. The lowest BCUT2D eigenvalue weighted by atomic mass is 9.99. The van der Waals surface area contributed by atoms with Crippen LogP contribution >= 0.6 is 0 Å². The third-order valence-corrected chi connectivity index (χ3v) is 4.86. The van der Waals surface area contributed by atoms with E-state index >= 15 is 0 Å². The number of fused-ring (bicyclic) bond motifs is 1. The van der Waals surface area contributed by atoms with Gasteiger partial charge in [-0.3, -0.25) is 14.7 Å². The third kappa shape index (κ3) is 3.01. The van der Waals surface area contributed by atoms with Gasteiger partial charge in [0.05, 0.1) is 6.61 Å². The lowest BCUT2D eigenvalue weighted by Crippen LogP contribution is -2.21. The number of amides is 1. The van der Waals surface area contributed by atoms with Gasteiger partial charge >= 0.3 is 0 Å². The van der Waals surface area contributed by atoms with Crippen molar-refractivity contribution in [1.29, 1.82) is 0 Å². The highest BCUT2D eigenvalue weighted by atomic mass is 16.5. The van der Waals surface area contributed by atoms with Crippen LogP contribution in [0.25, 0.3) is 10.8 Å². The molecule has 4 rings (SSSR count). The molecule has 1 saturated heterocycles. The Morgan fingerprint density at radius 2 is 2.12 bits per heavy atom. The van der Waals surface area contributed by atoms with E-state index in [0.717, 1.165) is 36.1 Å². The quantitative estimate of drug-likeness (QED) is 0.675. The molecule has 1 atom stereocenters. The number of hydrogen-bond donors (Lipinski definition) is 3. The normalized spacial score (nSPS) is 17.3. The molecule has 1 unspecified atom stereocenters. The van der Waals surface area contributed by atoms with E-state index in [0.29, 0.717) is 17.8 Å². The molecule has 0 saturated carbocycles. The predicted octanol–water partition coefficient (Wildman–Crippen LogP) is 2.71. The summed E-state index contributed by atoms with van der Waals surface area (Å²) in [7, 11) is 0. The van der Waals surface area contributed by atoms with E-state index in [4.69, 9.17) is 4.74 Å². The zero-order valence-corrected chi connectivity index (χ0v) is 14.5. The van der Waals surface area contributed by atoms with Gasteiger partial charge in [-0.25, -0.2) is 0 Å². The Labute approximate surface area is 149 Å². The van der Waals surface area contributed by atoms with E-state index in [1.165, 1.54) is 0 Å². The molecule has 1 aromatic carbocycles. The van der Waals surface area contributed by atoms with Crippen molar-refractivity contribution in [2.75, 3.05) is 18.5 Å². The van der Waals surface area contributed by atoms with Crippen molar-refractivity contribution in [3.8, 4) is 0 Å². The van der Waals surface area contributed by atoms with Crippen LogP contribution < -0.4 is 10.9 Å². The van der Waals surface area contributed by atoms with Gasteiger partial charge in [0.2, 0.25) is 0 Å². The number of carbonyl (C=O) groups is 1. The lowest BCUT2D eigenvalue weighted by molar-refractivity contribution is 0.0793. The first-order chi connectivity index (χ1) is 12.6. The van der Waals surface area contributed by atoms with E-state index in [9.17, 15) is 9.59 Å². The number of rotatable bonds is 3. The number of aromatic amines is 2. The Kier molecular flexibility index (Phi) is 4.30. The van der Waals surface area contributed by atoms with Crippen LogP contribution in [0, 0.1) is 6.92 Å². The molecule has 26 heavy (non-hydrogen) atoms. The van der Waals surface area contributed by atoms with Crippen LogP contribution in [0.3, 0.4) is 0 Å². The van der Waals surface area contributed by atoms with Crippen LogP contribution in [0.1, 0.15) is 40.5 Å². The average molecular weight is 352 g/mol. The van der Waals surface area contributed by atoms with E-state index in [2.05, 4.69) is 20.5 Å². The number of anilines is 1. The summed E-state index contributed by atoms with van der Waals surface area (Å²) < 4.78 is 5.49. The summed E-state index contributed by atoms with van der Waals surface area (Å²) in [6, 6.07) is 9.06. The van der Waals surface area contributed by atoms with Gasteiger partial charge in [-0.15, -0.1) is 0 Å². The van der Waals surface area contributed by atoms with Gasteiger partial charge in [-0.2, -0.15) is 5.10 Å². The first-order valence-electron chi connectivity index (χ1n) is 8.69. The SMILES string of the molecule is Cc1c(C(=O)Nc2cc(C3CCCOC3)[nH]n2)[nH]c(=O)c2ccccc12. The first kappa shape index (κ1) is 16.5. The number of nitrogens with one attached hydrogen (secondary N) is 3. The second-order valence-electron chi connectivity index (χ2n) is 6.58. The van der Waals surface area contributed by atoms with Gasteiger partial charge in [-0.1, -0.05) is 18.2 Å². The molecule has 2 aromatic heterocycles. The molecule has 134 valence electrons. The van der Waals surface area contributed by atoms with Crippen molar-refractivity contribution in [3.05, 3.63) is 57.6 Å². The number of benzene rings is 1. The molecular formula is C19H20N4O3. The highest BCUT2D eigenvalue weighted by Gasteiger charge is 2.20. The molecule has 1 fully saturated rings.